The van der Waals surface area contributed by atoms with Crippen molar-refractivity contribution in [3.05, 3.63) is 29.3 Å². The third kappa shape index (κ3) is 5.21. The van der Waals surface area contributed by atoms with Crippen LogP contribution in [0.3, 0.4) is 0 Å². The second-order valence-corrected chi connectivity index (χ2v) is 3.56. The number of anilines is 1. The van der Waals surface area contributed by atoms with E-state index >= 15 is 0 Å². The van der Waals surface area contributed by atoms with Crippen molar-refractivity contribution in [3.63, 3.8) is 0 Å². The van der Waals surface area contributed by atoms with Crippen LogP contribution in [0, 0.1) is 5.41 Å². The Hall–Kier alpha value is -1.31. The Labute approximate surface area is 93.0 Å². The van der Waals surface area contributed by atoms with Crippen molar-refractivity contribution in [1.29, 1.82) is 5.41 Å². The highest BCUT2D eigenvalue weighted by molar-refractivity contribution is 5.85. The van der Waals surface area contributed by atoms with Crippen LogP contribution in [0.15, 0.2) is 18.2 Å². The Morgan fingerprint density at radius 3 is 2.33 bits per heavy atom. The highest BCUT2D eigenvalue weighted by atomic mass is 14.6. The smallest absolute Gasteiger partial charge is 0.0403 e. The number of hydrogen-bond donors (Lipinski definition) is 2. The fourth-order valence-electron chi connectivity index (χ4n) is 1.19. The van der Waals surface area contributed by atoms with E-state index in [0.29, 0.717) is 5.69 Å². The van der Waals surface area contributed by atoms with Crippen molar-refractivity contribution < 1.29 is 0 Å². The van der Waals surface area contributed by atoms with Crippen LogP contribution in [0.25, 0.3) is 0 Å². The van der Waals surface area contributed by atoms with Gasteiger partial charge in [0.2, 0.25) is 0 Å². The standard InChI is InChI=1S/C10H14N2.C3H8/c1-2-3-8-4-5-10(12)9(6-8)7-11;1-3-2/h4-7,11H,2-3,12H2,1H3;3H2,1-2H3. The summed E-state index contributed by atoms with van der Waals surface area (Å²) < 4.78 is 0. The van der Waals surface area contributed by atoms with Gasteiger partial charge in [-0.15, -0.1) is 0 Å². The minimum atomic E-state index is 0.685. The molecule has 2 heteroatoms. The molecular weight excluding hydrogens is 184 g/mol. The summed E-state index contributed by atoms with van der Waals surface area (Å²) in [6.45, 7) is 6.39. The molecule has 0 radical (unpaired) electrons. The highest BCUT2D eigenvalue weighted by Gasteiger charge is 1.96. The second-order valence-electron chi connectivity index (χ2n) is 3.56. The van der Waals surface area contributed by atoms with Gasteiger partial charge in [-0.1, -0.05) is 39.7 Å². The van der Waals surface area contributed by atoms with Crippen LogP contribution in [-0.2, 0) is 6.42 Å². The second kappa shape index (κ2) is 8.04. The van der Waals surface area contributed by atoms with Crippen molar-refractivity contribution in [3.8, 4) is 0 Å². The van der Waals surface area contributed by atoms with Gasteiger partial charge in [-0.2, -0.15) is 0 Å². The fraction of sp³-hybridized carbons (Fsp3) is 0.462. The molecule has 0 aliphatic heterocycles. The number of benzene rings is 1. The molecule has 0 aliphatic carbocycles. The zero-order chi connectivity index (χ0) is 11.7. The van der Waals surface area contributed by atoms with Crippen LogP contribution in [0.1, 0.15) is 44.7 Å². The first kappa shape index (κ1) is 13.7. The molecule has 0 amide bonds. The SMILES string of the molecule is CCC.CCCc1ccc(N)c(C=N)c1. The van der Waals surface area contributed by atoms with Crippen LogP contribution in [0.2, 0.25) is 0 Å². The first-order valence-corrected chi connectivity index (χ1v) is 5.58. The van der Waals surface area contributed by atoms with Crippen molar-refractivity contribution in [2.75, 3.05) is 5.73 Å². The maximum absolute atomic E-state index is 7.11. The van der Waals surface area contributed by atoms with Gasteiger partial charge in [0.05, 0.1) is 0 Å². The molecule has 0 unspecified atom stereocenters. The normalized spacial score (nSPS) is 9.00. The topological polar surface area (TPSA) is 49.9 Å². The van der Waals surface area contributed by atoms with Gasteiger partial charge in [0.15, 0.2) is 0 Å². The molecule has 0 spiro atoms. The summed E-state index contributed by atoms with van der Waals surface area (Å²) in [6.07, 6.45) is 4.73. The number of nitrogens with two attached hydrogens (primary N) is 1. The lowest BCUT2D eigenvalue weighted by atomic mass is 10.1. The number of nitrogens with one attached hydrogen (secondary N) is 1. The van der Waals surface area contributed by atoms with Crippen LogP contribution < -0.4 is 5.73 Å². The van der Waals surface area contributed by atoms with E-state index in [4.69, 9.17) is 11.1 Å². The quantitative estimate of drug-likeness (QED) is 0.575. The molecule has 0 bridgehead atoms. The lowest BCUT2D eigenvalue weighted by molar-refractivity contribution is 0.922. The molecule has 0 atom stereocenters. The molecule has 0 heterocycles. The van der Waals surface area contributed by atoms with Gasteiger partial charge in [0.25, 0.3) is 0 Å². The zero-order valence-electron chi connectivity index (χ0n) is 10.0. The maximum atomic E-state index is 7.11. The van der Waals surface area contributed by atoms with Gasteiger partial charge in [-0.25, -0.2) is 0 Å². The number of rotatable bonds is 3. The van der Waals surface area contributed by atoms with E-state index in [1.807, 2.05) is 18.2 Å². The molecule has 1 aromatic rings. The minimum Gasteiger partial charge on any atom is -0.398 e. The van der Waals surface area contributed by atoms with Gasteiger partial charge in [-0.05, 0) is 24.1 Å². The fourth-order valence-corrected chi connectivity index (χ4v) is 1.19. The number of nitrogen functional groups attached to an aromatic ring is 1. The molecule has 0 saturated heterocycles. The van der Waals surface area contributed by atoms with Crippen molar-refractivity contribution in [1.82, 2.24) is 0 Å². The lowest BCUT2D eigenvalue weighted by Crippen LogP contribution is -1.94. The molecule has 3 N–H and O–H groups in total. The largest absolute Gasteiger partial charge is 0.398 e. The van der Waals surface area contributed by atoms with Crippen LogP contribution in [0.4, 0.5) is 5.69 Å². The summed E-state index contributed by atoms with van der Waals surface area (Å²) in [4.78, 5) is 0. The molecule has 0 fully saturated rings. The molecule has 1 aromatic carbocycles. The predicted octanol–water partition coefficient (Wildman–Crippen LogP) is 3.64. The van der Waals surface area contributed by atoms with Gasteiger partial charge in [0.1, 0.15) is 0 Å². The van der Waals surface area contributed by atoms with Crippen molar-refractivity contribution in [2.45, 2.75) is 40.0 Å². The Morgan fingerprint density at radius 2 is 1.87 bits per heavy atom. The van der Waals surface area contributed by atoms with E-state index in [-0.39, 0.29) is 0 Å². The first-order chi connectivity index (χ1) is 7.19. The van der Waals surface area contributed by atoms with E-state index in [9.17, 15) is 0 Å². The summed E-state index contributed by atoms with van der Waals surface area (Å²) in [5, 5.41) is 7.11. The summed E-state index contributed by atoms with van der Waals surface area (Å²) in [5.74, 6) is 0. The monoisotopic (exact) mass is 206 g/mol. The molecule has 0 saturated carbocycles. The molecule has 0 aromatic heterocycles. The Bertz CT molecular complexity index is 293. The van der Waals surface area contributed by atoms with E-state index < -0.39 is 0 Å². The Kier molecular flexibility index (Phi) is 7.33. The number of aryl methyl sites for hydroxylation is 1. The lowest BCUT2D eigenvalue weighted by Gasteiger charge is -2.02. The van der Waals surface area contributed by atoms with Crippen LogP contribution in [0.5, 0.6) is 0 Å². The molecule has 0 aliphatic rings. The van der Waals surface area contributed by atoms with E-state index in [1.54, 1.807) is 0 Å². The van der Waals surface area contributed by atoms with Gasteiger partial charge < -0.3 is 11.1 Å². The molecule has 84 valence electrons. The first-order valence-electron chi connectivity index (χ1n) is 5.58. The number of hydrogen-bond acceptors (Lipinski definition) is 2. The van der Waals surface area contributed by atoms with Crippen LogP contribution in [-0.4, -0.2) is 6.21 Å². The molecular formula is C13H22N2. The summed E-state index contributed by atoms with van der Waals surface area (Å²) >= 11 is 0. The van der Waals surface area contributed by atoms with Gasteiger partial charge in [-0.3, -0.25) is 0 Å². The third-order valence-corrected chi connectivity index (χ3v) is 1.85. The van der Waals surface area contributed by atoms with Crippen molar-refractivity contribution in [2.24, 2.45) is 0 Å². The van der Waals surface area contributed by atoms with Gasteiger partial charge in [0, 0.05) is 17.5 Å². The van der Waals surface area contributed by atoms with E-state index in [1.165, 1.54) is 18.2 Å². The Morgan fingerprint density at radius 1 is 1.27 bits per heavy atom. The summed E-state index contributed by atoms with van der Waals surface area (Å²) in [7, 11) is 0. The summed E-state index contributed by atoms with van der Waals surface area (Å²) in [6, 6.07) is 5.86. The predicted molar refractivity (Wildman–Crippen MR) is 68.7 cm³/mol. The van der Waals surface area contributed by atoms with E-state index in [2.05, 4.69) is 20.8 Å². The van der Waals surface area contributed by atoms with Crippen LogP contribution >= 0.6 is 0 Å². The maximum Gasteiger partial charge on any atom is 0.0403 e. The Balaban J connectivity index is 0.000000583. The molecule has 2 nitrogen and oxygen atoms in total. The summed E-state index contributed by atoms with van der Waals surface area (Å²) in [5.41, 5.74) is 8.41. The third-order valence-electron chi connectivity index (χ3n) is 1.85. The van der Waals surface area contributed by atoms with Gasteiger partial charge >= 0.3 is 0 Å². The molecule has 15 heavy (non-hydrogen) atoms. The van der Waals surface area contributed by atoms with E-state index in [0.717, 1.165) is 18.4 Å². The average molecular weight is 206 g/mol. The molecule has 1 rings (SSSR count). The highest BCUT2D eigenvalue weighted by Crippen LogP contribution is 2.12. The zero-order valence-corrected chi connectivity index (χ0v) is 10.0. The van der Waals surface area contributed by atoms with Crippen molar-refractivity contribution >= 4 is 11.9 Å². The minimum absolute atomic E-state index is 0.685. The average Bonchev–Trinajstić information content (AvgIpc) is 2.22.